The smallest absolute Gasteiger partial charge is 0.338 e. The third kappa shape index (κ3) is 5.03. The van der Waals surface area contributed by atoms with Gasteiger partial charge >= 0.3 is 5.97 Å². The molecule has 1 N–H and O–H groups in total. The summed E-state index contributed by atoms with van der Waals surface area (Å²) in [4.78, 5) is 24.5. The summed E-state index contributed by atoms with van der Waals surface area (Å²) in [6.07, 6.45) is 0.316. The van der Waals surface area contributed by atoms with Crippen LogP contribution in [0.15, 0.2) is 42.5 Å². The first kappa shape index (κ1) is 21.9. The third-order valence-corrected chi connectivity index (χ3v) is 5.82. The van der Waals surface area contributed by atoms with Gasteiger partial charge in [0.25, 0.3) is 5.91 Å². The number of nitrogens with one attached hydrogen (secondary N) is 1. The van der Waals surface area contributed by atoms with Crippen LogP contribution in [0, 0.1) is 0 Å². The molecule has 0 radical (unpaired) electrons. The van der Waals surface area contributed by atoms with Crippen molar-refractivity contribution in [2.24, 2.45) is 0 Å². The lowest BCUT2D eigenvalue weighted by atomic mass is 10.2. The van der Waals surface area contributed by atoms with Crippen molar-refractivity contribution in [3.63, 3.8) is 0 Å². The minimum atomic E-state index is -3.59. The van der Waals surface area contributed by atoms with Gasteiger partial charge in [-0.1, -0.05) is 11.6 Å². The van der Waals surface area contributed by atoms with Gasteiger partial charge in [0, 0.05) is 23.7 Å². The lowest BCUT2D eigenvalue weighted by Crippen LogP contribution is -2.35. The van der Waals surface area contributed by atoms with E-state index in [2.05, 4.69) is 5.32 Å². The van der Waals surface area contributed by atoms with E-state index in [4.69, 9.17) is 21.1 Å². The van der Waals surface area contributed by atoms with Crippen molar-refractivity contribution in [1.29, 1.82) is 0 Å². The monoisotopic (exact) mass is 452 g/mol. The Balaban J connectivity index is 1.77. The Morgan fingerprint density at radius 1 is 1.23 bits per heavy atom. The van der Waals surface area contributed by atoms with Crippen LogP contribution in [0.3, 0.4) is 0 Å². The van der Waals surface area contributed by atoms with Gasteiger partial charge in [0.15, 0.2) is 6.10 Å². The van der Waals surface area contributed by atoms with Gasteiger partial charge < -0.3 is 14.8 Å². The second kappa shape index (κ2) is 8.93. The Bertz CT molecular complexity index is 1060. The maximum atomic E-state index is 12.8. The highest BCUT2D eigenvalue weighted by molar-refractivity contribution is 7.92. The molecule has 2 aromatic carbocycles. The van der Waals surface area contributed by atoms with Crippen molar-refractivity contribution in [1.82, 2.24) is 0 Å². The summed E-state index contributed by atoms with van der Waals surface area (Å²) in [5.41, 5.74) is 1.13. The van der Waals surface area contributed by atoms with Gasteiger partial charge in [-0.2, -0.15) is 0 Å². The molecule has 2 aromatic rings. The largest absolute Gasteiger partial charge is 0.478 e. The first-order chi connectivity index (χ1) is 14.2. The number of fused-ring (bicyclic) bond motifs is 1. The lowest BCUT2D eigenvalue weighted by molar-refractivity contribution is -0.122. The van der Waals surface area contributed by atoms with Crippen LogP contribution in [0.4, 0.5) is 11.4 Å². The quantitative estimate of drug-likeness (QED) is 0.699. The van der Waals surface area contributed by atoms with Crippen molar-refractivity contribution < 1.29 is 27.5 Å². The molecule has 160 valence electrons. The molecule has 0 unspecified atom stereocenters. The van der Waals surface area contributed by atoms with Crippen LogP contribution in [-0.4, -0.2) is 45.8 Å². The molecular formula is C20H21ClN2O6S. The van der Waals surface area contributed by atoms with Crippen LogP contribution in [0.2, 0.25) is 5.02 Å². The van der Waals surface area contributed by atoms with Crippen molar-refractivity contribution >= 4 is 44.9 Å². The molecule has 0 aromatic heterocycles. The number of halogens is 1. The van der Waals surface area contributed by atoms with Gasteiger partial charge in [0.1, 0.15) is 5.75 Å². The Hall–Kier alpha value is -2.78. The number of anilines is 2. The summed E-state index contributed by atoms with van der Waals surface area (Å²) in [7, 11) is -3.59. The molecule has 0 saturated carbocycles. The van der Waals surface area contributed by atoms with E-state index in [0.29, 0.717) is 22.0 Å². The van der Waals surface area contributed by atoms with Gasteiger partial charge in [-0.15, -0.1) is 0 Å². The van der Waals surface area contributed by atoms with Crippen LogP contribution in [0.25, 0.3) is 0 Å². The predicted octanol–water partition coefficient (Wildman–Crippen LogP) is 3.07. The van der Waals surface area contributed by atoms with Gasteiger partial charge in [0.05, 0.1) is 24.1 Å². The fourth-order valence-electron chi connectivity index (χ4n) is 3.01. The highest BCUT2D eigenvalue weighted by Crippen LogP contribution is 2.36. The Morgan fingerprint density at radius 2 is 1.93 bits per heavy atom. The maximum absolute atomic E-state index is 12.8. The number of amides is 1. The third-order valence-electron chi connectivity index (χ3n) is 4.41. The molecular weight excluding hydrogens is 432 g/mol. The number of nitrogens with zero attached hydrogens (tertiary/aromatic N) is 1. The van der Waals surface area contributed by atoms with Crippen molar-refractivity contribution in [2.45, 2.75) is 19.4 Å². The second-order valence-corrected chi connectivity index (χ2v) is 8.97. The van der Waals surface area contributed by atoms with Crippen LogP contribution < -0.4 is 14.4 Å². The fraction of sp³-hybridized carbons (Fsp3) is 0.300. The number of sulfonamides is 1. The first-order valence-electron chi connectivity index (χ1n) is 9.21. The van der Waals surface area contributed by atoms with E-state index in [0.717, 1.165) is 6.26 Å². The molecule has 8 nitrogen and oxygen atoms in total. The van der Waals surface area contributed by atoms with E-state index in [-0.39, 0.29) is 25.3 Å². The average Bonchev–Trinajstić information content (AvgIpc) is 2.88. The molecule has 0 spiro atoms. The van der Waals surface area contributed by atoms with Gasteiger partial charge in [-0.3, -0.25) is 9.10 Å². The van der Waals surface area contributed by atoms with Gasteiger partial charge in [-0.05, 0) is 49.4 Å². The molecule has 0 bridgehead atoms. The van der Waals surface area contributed by atoms with E-state index in [1.165, 1.54) is 16.4 Å². The summed E-state index contributed by atoms with van der Waals surface area (Å²) in [5, 5.41) is 3.08. The first-order valence-corrected chi connectivity index (χ1v) is 11.4. The lowest BCUT2D eigenvalue weighted by Gasteiger charge is -2.21. The van der Waals surface area contributed by atoms with E-state index < -0.39 is 28.0 Å². The zero-order valence-corrected chi connectivity index (χ0v) is 18.0. The summed E-state index contributed by atoms with van der Waals surface area (Å²) in [6.45, 7) is 2.05. The molecule has 1 atom stereocenters. The predicted molar refractivity (Wildman–Crippen MR) is 114 cm³/mol. The second-order valence-electron chi connectivity index (χ2n) is 6.63. The number of rotatable bonds is 5. The molecule has 10 heteroatoms. The summed E-state index contributed by atoms with van der Waals surface area (Å²) in [6, 6.07) is 10.8. The summed E-state index contributed by atoms with van der Waals surface area (Å²) < 4.78 is 36.3. The molecule has 1 heterocycles. The number of carbonyl (C=O) groups excluding carboxylic acids is 2. The van der Waals surface area contributed by atoms with Crippen molar-refractivity contribution in [3.8, 4) is 5.75 Å². The fourth-order valence-corrected chi connectivity index (χ4v) is 4.11. The van der Waals surface area contributed by atoms with E-state index >= 15 is 0 Å². The Labute approximate surface area is 179 Å². The molecule has 0 saturated heterocycles. The van der Waals surface area contributed by atoms with Crippen LogP contribution in [0.5, 0.6) is 5.75 Å². The SMILES string of the molecule is CCOC(=O)c1ccc(NC(=O)[C@H]2CCN(S(C)(=O)=O)c3cc(Cl)ccc3O2)cc1. The molecule has 0 aliphatic carbocycles. The number of hydrogen-bond acceptors (Lipinski definition) is 6. The van der Waals surface area contributed by atoms with E-state index in [1.807, 2.05) is 0 Å². The normalized spacial score (nSPS) is 16.1. The minimum absolute atomic E-state index is 0.0616. The van der Waals surface area contributed by atoms with Gasteiger partial charge in [0.2, 0.25) is 10.0 Å². The molecule has 3 rings (SSSR count). The standard InChI is InChI=1S/C20H21ClN2O6S/c1-3-28-20(25)13-4-7-15(8-5-13)22-19(24)18-10-11-23(30(2,26)27)16-12-14(21)6-9-17(16)29-18/h4-9,12,18H,3,10-11H2,1-2H3,(H,22,24)/t18-/m1/s1. The van der Waals surface area contributed by atoms with Crippen molar-refractivity contribution in [3.05, 3.63) is 53.1 Å². The number of esters is 1. The highest BCUT2D eigenvalue weighted by Gasteiger charge is 2.31. The zero-order chi connectivity index (χ0) is 21.9. The van der Waals surface area contributed by atoms with Crippen LogP contribution >= 0.6 is 11.6 Å². The highest BCUT2D eigenvalue weighted by atomic mass is 35.5. The number of ether oxygens (including phenoxy) is 2. The molecule has 1 aliphatic heterocycles. The zero-order valence-electron chi connectivity index (χ0n) is 16.4. The van der Waals surface area contributed by atoms with Crippen LogP contribution in [-0.2, 0) is 19.6 Å². The van der Waals surface area contributed by atoms with Crippen molar-refractivity contribution in [2.75, 3.05) is 29.0 Å². The molecule has 0 fully saturated rings. The molecule has 1 aliphatic rings. The topological polar surface area (TPSA) is 102 Å². The maximum Gasteiger partial charge on any atom is 0.338 e. The van der Waals surface area contributed by atoms with E-state index in [9.17, 15) is 18.0 Å². The number of hydrogen-bond donors (Lipinski definition) is 1. The van der Waals surface area contributed by atoms with E-state index in [1.54, 1.807) is 37.3 Å². The summed E-state index contributed by atoms with van der Waals surface area (Å²) in [5.74, 6) is -0.631. The van der Waals surface area contributed by atoms with Gasteiger partial charge in [-0.25, -0.2) is 13.2 Å². The van der Waals surface area contributed by atoms with Crippen LogP contribution in [0.1, 0.15) is 23.7 Å². The minimum Gasteiger partial charge on any atom is -0.478 e. The summed E-state index contributed by atoms with van der Waals surface area (Å²) >= 11 is 6.02. The molecule has 1 amide bonds. The number of benzene rings is 2. The Morgan fingerprint density at radius 3 is 2.57 bits per heavy atom. The molecule has 30 heavy (non-hydrogen) atoms. The Kier molecular flexibility index (Phi) is 6.52. The average molecular weight is 453 g/mol. The number of carbonyl (C=O) groups is 2.